The van der Waals surface area contributed by atoms with Crippen LogP contribution in [0.2, 0.25) is 0 Å². The lowest BCUT2D eigenvalue weighted by atomic mass is 10.2. The van der Waals surface area contributed by atoms with Crippen LogP contribution in [-0.4, -0.2) is 58.2 Å². The Morgan fingerprint density at radius 1 is 1.29 bits per heavy atom. The summed E-state index contributed by atoms with van der Waals surface area (Å²) in [6.45, 7) is 7.16. The fraction of sp³-hybridized carbons (Fsp3) is 0.750. The van der Waals surface area contributed by atoms with Gasteiger partial charge in [-0.25, -0.2) is 0 Å². The summed E-state index contributed by atoms with van der Waals surface area (Å²) in [6.07, 6.45) is 4.75. The van der Waals surface area contributed by atoms with Gasteiger partial charge in [-0.15, -0.1) is 0 Å². The topological polar surface area (TPSA) is 41.4 Å². The summed E-state index contributed by atoms with van der Waals surface area (Å²) < 4.78 is 1.73. The van der Waals surface area contributed by atoms with E-state index in [1.165, 1.54) is 19.4 Å². The first kappa shape index (κ1) is 14.6. The smallest absolute Gasteiger partial charge is 0.272 e. The molecule has 5 nitrogen and oxygen atoms in total. The molecule has 1 saturated carbocycles. The van der Waals surface area contributed by atoms with Crippen LogP contribution in [0.4, 0.5) is 0 Å². The second-order valence-corrected chi connectivity index (χ2v) is 6.39. The number of aryl methyl sites for hydroxylation is 2. The number of hydrogen-bond acceptors (Lipinski definition) is 3. The van der Waals surface area contributed by atoms with Crippen molar-refractivity contribution in [3.8, 4) is 0 Å². The first-order valence-corrected chi connectivity index (χ1v) is 8.22. The van der Waals surface area contributed by atoms with Crippen LogP contribution in [0.15, 0.2) is 6.07 Å². The summed E-state index contributed by atoms with van der Waals surface area (Å²) in [7, 11) is 1.86. The molecule has 1 aromatic rings. The number of nitrogens with zero attached hydrogens (tertiary/aromatic N) is 4. The third kappa shape index (κ3) is 3.46. The van der Waals surface area contributed by atoms with Gasteiger partial charge in [0.25, 0.3) is 5.91 Å². The lowest BCUT2D eigenvalue weighted by Crippen LogP contribution is -2.36. The molecule has 0 aromatic carbocycles. The Labute approximate surface area is 126 Å². The van der Waals surface area contributed by atoms with Crippen LogP contribution in [0, 0.1) is 5.92 Å². The van der Waals surface area contributed by atoms with E-state index in [-0.39, 0.29) is 5.91 Å². The van der Waals surface area contributed by atoms with Crippen molar-refractivity contribution in [2.45, 2.75) is 32.6 Å². The number of carbonyl (C=O) groups is 1. The number of amides is 1. The van der Waals surface area contributed by atoms with Gasteiger partial charge in [-0.3, -0.25) is 9.48 Å². The Kier molecular flexibility index (Phi) is 4.29. The van der Waals surface area contributed by atoms with Crippen LogP contribution in [0.25, 0.3) is 0 Å². The number of rotatable bonds is 4. The lowest BCUT2D eigenvalue weighted by Gasteiger charge is -2.21. The van der Waals surface area contributed by atoms with Gasteiger partial charge in [-0.2, -0.15) is 5.10 Å². The highest BCUT2D eigenvalue weighted by Gasteiger charge is 2.27. The van der Waals surface area contributed by atoms with Gasteiger partial charge in [0.05, 0.1) is 5.69 Å². The molecule has 0 unspecified atom stereocenters. The molecular formula is C16H26N4O. The highest BCUT2D eigenvalue weighted by Crippen LogP contribution is 2.30. The summed E-state index contributed by atoms with van der Waals surface area (Å²) in [5.74, 6) is 1.06. The molecule has 0 spiro atoms. The molecule has 3 rings (SSSR count). The van der Waals surface area contributed by atoms with E-state index in [4.69, 9.17) is 0 Å². The normalized spacial score (nSPS) is 20.6. The molecule has 0 N–H and O–H groups in total. The van der Waals surface area contributed by atoms with Crippen LogP contribution < -0.4 is 0 Å². The molecule has 5 heteroatoms. The maximum Gasteiger partial charge on any atom is 0.272 e. The van der Waals surface area contributed by atoms with Gasteiger partial charge in [0.2, 0.25) is 0 Å². The predicted octanol–water partition coefficient (Wildman–Crippen LogP) is 1.54. The predicted molar refractivity (Wildman–Crippen MR) is 82.3 cm³/mol. The zero-order chi connectivity index (χ0) is 14.8. The van der Waals surface area contributed by atoms with Crippen LogP contribution in [-0.2, 0) is 13.5 Å². The third-order valence-corrected chi connectivity index (χ3v) is 4.60. The molecule has 0 radical (unpaired) electrons. The largest absolute Gasteiger partial charge is 0.336 e. The van der Waals surface area contributed by atoms with Crippen LogP contribution in [0.3, 0.4) is 0 Å². The molecule has 1 amide bonds. The Morgan fingerprint density at radius 3 is 2.76 bits per heavy atom. The fourth-order valence-electron chi connectivity index (χ4n) is 3.08. The zero-order valence-corrected chi connectivity index (χ0v) is 13.2. The first-order chi connectivity index (χ1) is 10.2. The molecule has 1 aromatic heterocycles. The SMILES string of the molecule is CCc1cc(C(=O)N2CCCN(CC3CC3)CC2)n(C)n1. The van der Waals surface area contributed by atoms with E-state index in [0.29, 0.717) is 0 Å². The minimum Gasteiger partial charge on any atom is -0.336 e. The molecule has 1 saturated heterocycles. The Balaban J connectivity index is 1.62. The quantitative estimate of drug-likeness (QED) is 0.844. The minimum atomic E-state index is 0.137. The molecule has 1 aliphatic heterocycles. The fourth-order valence-corrected chi connectivity index (χ4v) is 3.08. The van der Waals surface area contributed by atoms with E-state index in [2.05, 4.69) is 16.9 Å². The van der Waals surface area contributed by atoms with Crippen molar-refractivity contribution in [2.24, 2.45) is 13.0 Å². The maximum atomic E-state index is 12.7. The van der Waals surface area contributed by atoms with E-state index in [0.717, 1.165) is 56.3 Å². The summed E-state index contributed by atoms with van der Waals surface area (Å²) in [5.41, 5.74) is 1.72. The number of carbonyl (C=O) groups excluding carboxylic acids is 1. The number of aromatic nitrogens is 2. The molecular weight excluding hydrogens is 264 g/mol. The maximum absolute atomic E-state index is 12.7. The molecule has 2 fully saturated rings. The molecule has 116 valence electrons. The van der Waals surface area contributed by atoms with E-state index >= 15 is 0 Å². The Morgan fingerprint density at radius 2 is 2.10 bits per heavy atom. The molecule has 1 aliphatic carbocycles. The van der Waals surface area contributed by atoms with Crippen molar-refractivity contribution >= 4 is 5.91 Å². The van der Waals surface area contributed by atoms with Crippen LogP contribution in [0.1, 0.15) is 42.4 Å². The lowest BCUT2D eigenvalue weighted by molar-refractivity contribution is 0.0750. The van der Waals surface area contributed by atoms with E-state index in [1.807, 2.05) is 18.0 Å². The van der Waals surface area contributed by atoms with E-state index in [1.54, 1.807) is 4.68 Å². The van der Waals surface area contributed by atoms with Gasteiger partial charge in [0, 0.05) is 33.2 Å². The highest BCUT2D eigenvalue weighted by atomic mass is 16.2. The standard InChI is InChI=1S/C16H26N4O/c1-3-14-11-15(18(2)17-14)16(21)20-8-4-7-19(9-10-20)12-13-5-6-13/h11,13H,3-10,12H2,1-2H3. The van der Waals surface area contributed by atoms with Crippen molar-refractivity contribution in [1.29, 1.82) is 0 Å². The van der Waals surface area contributed by atoms with Crippen LogP contribution in [0.5, 0.6) is 0 Å². The molecule has 2 aliphatic rings. The van der Waals surface area contributed by atoms with Crippen LogP contribution >= 0.6 is 0 Å². The average molecular weight is 290 g/mol. The first-order valence-electron chi connectivity index (χ1n) is 8.22. The van der Waals surface area contributed by atoms with Crippen molar-refractivity contribution < 1.29 is 4.79 Å². The van der Waals surface area contributed by atoms with Gasteiger partial charge in [0.1, 0.15) is 5.69 Å². The second-order valence-electron chi connectivity index (χ2n) is 6.39. The van der Waals surface area contributed by atoms with Crippen molar-refractivity contribution in [1.82, 2.24) is 19.6 Å². The summed E-state index contributed by atoms with van der Waals surface area (Å²) in [6, 6.07) is 1.94. The van der Waals surface area contributed by atoms with E-state index < -0.39 is 0 Å². The summed E-state index contributed by atoms with van der Waals surface area (Å²) >= 11 is 0. The van der Waals surface area contributed by atoms with Crippen molar-refractivity contribution in [3.63, 3.8) is 0 Å². The molecule has 0 atom stereocenters. The van der Waals surface area contributed by atoms with Gasteiger partial charge in [-0.1, -0.05) is 6.92 Å². The van der Waals surface area contributed by atoms with E-state index in [9.17, 15) is 4.79 Å². The molecule has 0 bridgehead atoms. The average Bonchev–Trinajstić information content (AvgIpc) is 3.25. The molecule has 2 heterocycles. The van der Waals surface area contributed by atoms with Gasteiger partial charge in [-0.05, 0) is 44.2 Å². The summed E-state index contributed by atoms with van der Waals surface area (Å²) in [5, 5.41) is 4.39. The number of hydrogen-bond donors (Lipinski definition) is 0. The Bertz CT molecular complexity index is 506. The monoisotopic (exact) mass is 290 g/mol. The third-order valence-electron chi connectivity index (χ3n) is 4.60. The molecule has 21 heavy (non-hydrogen) atoms. The van der Waals surface area contributed by atoms with Gasteiger partial charge < -0.3 is 9.80 Å². The van der Waals surface area contributed by atoms with Crippen molar-refractivity contribution in [3.05, 3.63) is 17.5 Å². The zero-order valence-electron chi connectivity index (χ0n) is 13.2. The van der Waals surface area contributed by atoms with Gasteiger partial charge >= 0.3 is 0 Å². The Hall–Kier alpha value is -1.36. The van der Waals surface area contributed by atoms with Gasteiger partial charge in [0.15, 0.2) is 0 Å². The second kappa shape index (κ2) is 6.18. The minimum absolute atomic E-state index is 0.137. The summed E-state index contributed by atoms with van der Waals surface area (Å²) in [4.78, 5) is 17.2. The highest BCUT2D eigenvalue weighted by molar-refractivity contribution is 5.92. The van der Waals surface area contributed by atoms with Crippen molar-refractivity contribution in [2.75, 3.05) is 32.7 Å².